The summed E-state index contributed by atoms with van der Waals surface area (Å²) in [5.41, 5.74) is 2.76. The van der Waals surface area contributed by atoms with E-state index in [1.54, 1.807) is 24.4 Å². The van der Waals surface area contributed by atoms with E-state index in [4.69, 9.17) is 5.11 Å². The van der Waals surface area contributed by atoms with Gasteiger partial charge in [-0.15, -0.1) is 0 Å². The van der Waals surface area contributed by atoms with Crippen molar-refractivity contribution >= 4 is 5.91 Å². The summed E-state index contributed by atoms with van der Waals surface area (Å²) in [5, 5.41) is 19.2. The number of amides is 1. The maximum absolute atomic E-state index is 12.2. The van der Waals surface area contributed by atoms with Crippen molar-refractivity contribution in [3.63, 3.8) is 0 Å². The molecule has 2 aromatic rings. The summed E-state index contributed by atoms with van der Waals surface area (Å²) >= 11 is 0. The van der Waals surface area contributed by atoms with Gasteiger partial charge in [0.15, 0.2) is 0 Å². The molecule has 0 aliphatic heterocycles. The minimum absolute atomic E-state index is 0.233. The van der Waals surface area contributed by atoms with E-state index in [0.717, 1.165) is 5.56 Å². The first-order valence-electron chi connectivity index (χ1n) is 6.46. The predicted octanol–water partition coefficient (Wildman–Crippen LogP) is 1.06. The molecule has 21 heavy (non-hydrogen) atoms. The molecule has 0 bridgehead atoms. The van der Waals surface area contributed by atoms with Crippen LogP contribution in [0.1, 0.15) is 27.2 Å². The third kappa shape index (κ3) is 4.13. The van der Waals surface area contributed by atoms with Gasteiger partial charge >= 0.3 is 0 Å². The number of aryl methyl sites for hydroxylation is 1. The van der Waals surface area contributed by atoms with Gasteiger partial charge in [0.25, 0.3) is 5.91 Å². The van der Waals surface area contributed by atoms with Crippen molar-refractivity contribution in [2.75, 3.05) is 6.61 Å². The van der Waals surface area contributed by atoms with Gasteiger partial charge in [0.1, 0.15) is 6.61 Å². The first-order valence-corrected chi connectivity index (χ1v) is 6.46. The van der Waals surface area contributed by atoms with Gasteiger partial charge in [-0.25, -0.2) is 0 Å². The number of nitrogens with one attached hydrogen (secondary N) is 1. The smallest absolute Gasteiger partial charge is 0.252 e. The topological polar surface area (TPSA) is 75.1 Å². The van der Waals surface area contributed by atoms with Gasteiger partial charge in [0, 0.05) is 11.8 Å². The summed E-state index contributed by atoms with van der Waals surface area (Å²) in [4.78, 5) is 12.2. The van der Waals surface area contributed by atoms with Gasteiger partial charge in [0.05, 0.1) is 17.8 Å². The predicted molar refractivity (Wildman–Crippen MR) is 78.3 cm³/mol. The van der Waals surface area contributed by atoms with Crippen LogP contribution in [0, 0.1) is 18.8 Å². The molecule has 0 aliphatic rings. The van der Waals surface area contributed by atoms with Crippen molar-refractivity contribution in [3.8, 4) is 11.8 Å². The molecular formula is C16H15N3O2. The molecule has 0 spiro atoms. The number of nitrogens with zero attached hydrogens (tertiary/aromatic N) is 2. The molecule has 0 radical (unpaired) electrons. The van der Waals surface area contributed by atoms with E-state index >= 15 is 0 Å². The number of hydrogen-bond acceptors (Lipinski definition) is 4. The monoisotopic (exact) mass is 281 g/mol. The van der Waals surface area contributed by atoms with E-state index in [-0.39, 0.29) is 12.5 Å². The number of hydrogen-bond donors (Lipinski definition) is 2. The quantitative estimate of drug-likeness (QED) is 0.825. The van der Waals surface area contributed by atoms with Crippen LogP contribution in [0.3, 0.4) is 0 Å². The summed E-state index contributed by atoms with van der Waals surface area (Å²) < 4.78 is 0. The Bertz CT molecular complexity index is 688. The van der Waals surface area contributed by atoms with E-state index in [9.17, 15) is 4.79 Å². The zero-order valence-corrected chi connectivity index (χ0v) is 11.6. The average Bonchev–Trinajstić information content (AvgIpc) is 2.51. The number of aliphatic hydroxyl groups is 1. The number of carbonyl (C=O) groups is 1. The van der Waals surface area contributed by atoms with E-state index in [1.807, 2.05) is 19.1 Å². The van der Waals surface area contributed by atoms with Crippen molar-refractivity contribution in [2.45, 2.75) is 13.5 Å². The van der Waals surface area contributed by atoms with Crippen LogP contribution >= 0.6 is 0 Å². The first-order chi connectivity index (χ1) is 10.2. The first kappa shape index (κ1) is 14.7. The van der Waals surface area contributed by atoms with Gasteiger partial charge in [-0.05, 0) is 36.8 Å². The van der Waals surface area contributed by atoms with Crippen LogP contribution in [0.5, 0.6) is 0 Å². The second-order valence-corrected chi connectivity index (χ2v) is 4.41. The summed E-state index contributed by atoms with van der Waals surface area (Å²) in [7, 11) is 0. The Morgan fingerprint density at radius 1 is 1.38 bits per heavy atom. The summed E-state index contributed by atoms with van der Waals surface area (Å²) in [6.07, 6.45) is 1.58. The molecule has 0 atom stereocenters. The summed E-state index contributed by atoms with van der Waals surface area (Å²) in [6, 6.07) is 8.94. The van der Waals surface area contributed by atoms with Crippen LogP contribution in [0.25, 0.3) is 0 Å². The van der Waals surface area contributed by atoms with Crippen LogP contribution in [0.2, 0.25) is 0 Å². The molecular weight excluding hydrogens is 266 g/mol. The lowest BCUT2D eigenvalue weighted by molar-refractivity contribution is 0.0950. The van der Waals surface area contributed by atoms with Crippen molar-refractivity contribution in [3.05, 3.63) is 58.9 Å². The van der Waals surface area contributed by atoms with Crippen molar-refractivity contribution in [1.29, 1.82) is 0 Å². The van der Waals surface area contributed by atoms with Gasteiger partial charge in [-0.3, -0.25) is 4.79 Å². The number of rotatable bonds is 3. The fraction of sp³-hybridized carbons (Fsp3) is 0.188. The Morgan fingerprint density at radius 3 is 2.95 bits per heavy atom. The van der Waals surface area contributed by atoms with Crippen LogP contribution in [-0.2, 0) is 6.54 Å². The normalized spacial score (nSPS) is 9.62. The minimum atomic E-state index is -0.241. The Balaban J connectivity index is 2.15. The molecule has 5 heteroatoms. The highest BCUT2D eigenvalue weighted by molar-refractivity contribution is 5.96. The molecule has 2 rings (SSSR count). The standard InChI is InChI=1S/C16H15N3O2/c1-12-6-7-15(13(10-12)4-3-9-20)16(21)17-11-14-5-2-8-18-19-14/h2,5-8,10,20H,9,11H2,1H3,(H,17,21). The molecule has 0 fully saturated rings. The van der Waals surface area contributed by atoms with Crippen molar-refractivity contribution in [2.24, 2.45) is 0 Å². The molecule has 1 aromatic heterocycles. The molecule has 1 aromatic carbocycles. The lowest BCUT2D eigenvalue weighted by Crippen LogP contribution is -2.24. The molecule has 0 saturated carbocycles. The highest BCUT2D eigenvalue weighted by atomic mass is 16.2. The maximum atomic E-state index is 12.2. The molecule has 0 unspecified atom stereocenters. The highest BCUT2D eigenvalue weighted by Gasteiger charge is 2.10. The molecule has 1 heterocycles. The second-order valence-electron chi connectivity index (χ2n) is 4.41. The largest absolute Gasteiger partial charge is 0.384 e. The van der Waals surface area contributed by atoms with Crippen molar-refractivity contribution < 1.29 is 9.90 Å². The molecule has 2 N–H and O–H groups in total. The lowest BCUT2D eigenvalue weighted by Gasteiger charge is -2.07. The molecule has 0 saturated heterocycles. The van der Waals surface area contributed by atoms with Gasteiger partial charge in [-0.2, -0.15) is 10.2 Å². The van der Waals surface area contributed by atoms with E-state index in [1.165, 1.54) is 0 Å². The summed E-state index contributed by atoms with van der Waals surface area (Å²) in [6.45, 7) is 1.98. The number of benzene rings is 1. The van der Waals surface area contributed by atoms with E-state index in [2.05, 4.69) is 27.4 Å². The zero-order chi connectivity index (χ0) is 15.1. The minimum Gasteiger partial charge on any atom is -0.384 e. The van der Waals surface area contributed by atoms with Crippen LogP contribution in [0.4, 0.5) is 0 Å². The Kier molecular flexibility index (Phi) is 5.02. The number of carbonyl (C=O) groups excluding carboxylic acids is 1. The van der Waals surface area contributed by atoms with Gasteiger partial charge in [0.2, 0.25) is 0 Å². The zero-order valence-electron chi connectivity index (χ0n) is 11.6. The van der Waals surface area contributed by atoms with E-state index < -0.39 is 0 Å². The van der Waals surface area contributed by atoms with Gasteiger partial charge in [-0.1, -0.05) is 17.9 Å². The Hall–Kier alpha value is -2.71. The summed E-state index contributed by atoms with van der Waals surface area (Å²) in [5.74, 6) is 5.12. The molecule has 106 valence electrons. The second kappa shape index (κ2) is 7.17. The number of aliphatic hydroxyl groups excluding tert-OH is 1. The van der Waals surface area contributed by atoms with Crippen molar-refractivity contribution in [1.82, 2.24) is 15.5 Å². The van der Waals surface area contributed by atoms with Crippen LogP contribution in [0.15, 0.2) is 36.5 Å². The Labute approximate surface area is 123 Å². The number of aromatic nitrogens is 2. The molecule has 5 nitrogen and oxygen atoms in total. The fourth-order valence-electron chi connectivity index (χ4n) is 1.79. The highest BCUT2D eigenvalue weighted by Crippen LogP contribution is 2.11. The Morgan fingerprint density at radius 2 is 2.24 bits per heavy atom. The van der Waals surface area contributed by atoms with Crippen LogP contribution < -0.4 is 5.32 Å². The average molecular weight is 281 g/mol. The maximum Gasteiger partial charge on any atom is 0.252 e. The third-order valence-electron chi connectivity index (χ3n) is 2.78. The third-order valence-corrected chi connectivity index (χ3v) is 2.78. The fourth-order valence-corrected chi connectivity index (χ4v) is 1.79. The molecule has 0 aliphatic carbocycles. The van der Waals surface area contributed by atoms with Crippen LogP contribution in [-0.4, -0.2) is 27.8 Å². The molecule has 1 amide bonds. The van der Waals surface area contributed by atoms with Gasteiger partial charge < -0.3 is 10.4 Å². The SMILES string of the molecule is Cc1ccc(C(=O)NCc2cccnn2)c(C#CCO)c1. The lowest BCUT2D eigenvalue weighted by atomic mass is 10.0. The van der Waals surface area contributed by atoms with E-state index in [0.29, 0.717) is 23.4 Å².